The summed E-state index contributed by atoms with van der Waals surface area (Å²) in [4.78, 5) is 25.0. The molecule has 1 aromatic carbocycles. The average molecular weight is 276 g/mol. The standard InChI is InChI=1S/C14H16N2O4/c17-13(12-5-2-7-19-12)15-10-3-1-4-11(9-10)16-6-8-20-14(16)18/h1,3-4,9,12H,2,5-8H2,(H,15,17). The van der Waals surface area contributed by atoms with Gasteiger partial charge in [-0.15, -0.1) is 0 Å². The number of carbonyl (C=O) groups excluding carboxylic acids is 2. The van der Waals surface area contributed by atoms with Crippen LogP contribution in [0.3, 0.4) is 0 Å². The molecular weight excluding hydrogens is 260 g/mol. The highest BCUT2D eigenvalue weighted by molar-refractivity contribution is 5.96. The highest BCUT2D eigenvalue weighted by atomic mass is 16.6. The van der Waals surface area contributed by atoms with Gasteiger partial charge in [0.05, 0.1) is 6.54 Å². The van der Waals surface area contributed by atoms with Crippen molar-refractivity contribution >= 4 is 23.4 Å². The molecule has 6 nitrogen and oxygen atoms in total. The summed E-state index contributed by atoms with van der Waals surface area (Å²) in [5, 5.41) is 2.82. The highest BCUT2D eigenvalue weighted by Crippen LogP contribution is 2.23. The number of hydrogen-bond acceptors (Lipinski definition) is 4. The Morgan fingerprint density at radius 3 is 2.95 bits per heavy atom. The second-order valence-corrected chi connectivity index (χ2v) is 4.81. The van der Waals surface area contributed by atoms with E-state index in [1.54, 1.807) is 23.1 Å². The predicted octanol–water partition coefficient (Wildman–Crippen LogP) is 1.76. The van der Waals surface area contributed by atoms with Crippen LogP contribution in [0.2, 0.25) is 0 Å². The summed E-state index contributed by atoms with van der Waals surface area (Å²) in [6, 6.07) is 7.16. The molecule has 3 rings (SSSR count). The molecule has 0 aromatic heterocycles. The number of anilines is 2. The maximum atomic E-state index is 12.0. The third-order valence-electron chi connectivity index (χ3n) is 3.41. The van der Waals surface area contributed by atoms with Crippen molar-refractivity contribution in [2.75, 3.05) is 30.0 Å². The molecule has 1 atom stereocenters. The Hall–Kier alpha value is -2.08. The van der Waals surface area contributed by atoms with Gasteiger partial charge in [-0.3, -0.25) is 9.69 Å². The van der Waals surface area contributed by atoms with Gasteiger partial charge in [0.1, 0.15) is 12.7 Å². The van der Waals surface area contributed by atoms with Crippen LogP contribution in [-0.4, -0.2) is 37.9 Å². The number of hydrogen-bond donors (Lipinski definition) is 1. The van der Waals surface area contributed by atoms with Gasteiger partial charge in [0.25, 0.3) is 5.91 Å². The lowest BCUT2D eigenvalue weighted by Gasteiger charge is -2.15. The van der Waals surface area contributed by atoms with E-state index in [4.69, 9.17) is 9.47 Å². The largest absolute Gasteiger partial charge is 0.447 e. The second-order valence-electron chi connectivity index (χ2n) is 4.81. The number of amides is 2. The molecule has 6 heteroatoms. The summed E-state index contributed by atoms with van der Waals surface area (Å²) in [5.41, 5.74) is 1.38. The van der Waals surface area contributed by atoms with E-state index in [9.17, 15) is 9.59 Å². The Morgan fingerprint density at radius 2 is 2.25 bits per heavy atom. The topological polar surface area (TPSA) is 67.9 Å². The quantitative estimate of drug-likeness (QED) is 0.913. The van der Waals surface area contributed by atoms with Gasteiger partial charge >= 0.3 is 6.09 Å². The van der Waals surface area contributed by atoms with E-state index in [1.165, 1.54) is 0 Å². The number of nitrogens with one attached hydrogen (secondary N) is 1. The third kappa shape index (κ3) is 2.60. The molecule has 2 fully saturated rings. The van der Waals surface area contributed by atoms with Crippen LogP contribution in [0.5, 0.6) is 0 Å². The van der Waals surface area contributed by atoms with Gasteiger partial charge in [-0.25, -0.2) is 4.79 Å². The number of rotatable bonds is 3. The molecule has 2 heterocycles. The van der Waals surface area contributed by atoms with Gasteiger partial charge in [0, 0.05) is 18.0 Å². The van der Waals surface area contributed by atoms with E-state index >= 15 is 0 Å². The van der Waals surface area contributed by atoms with Crippen LogP contribution in [0.25, 0.3) is 0 Å². The molecule has 2 saturated heterocycles. The predicted molar refractivity (Wildman–Crippen MR) is 72.7 cm³/mol. The van der Waals surface area contributed by atoms with Crippen molar-refractivity contribution in [3.8, 4) is 0 Å². The molecule has 20 heavy (non-hydrogen) atoms. The zero-order valence-corrected chi connectivity index (χ0v) is 11.0. The maximum absolute atomic E-state index is 12.0. The highest BCUT2D eigenvalue weighted by Gasteiger charge is 2.25. The van der Waals surface area contributed by atoms with Crippen LogP contribution >= 0.6 is 0 Å². The number of ether oxygens (including phenoxy) is 2. The molecule has 0 aliphatic carbocycles. The summed E-state index contributed by atoms with van der Waals surface area (Å²) < 4.78 is 10.2. The molecule has 1 aromatic rings. The van der Waals surface area contributed by atoms with E-state index in [0.717, 1.165) is 18.5 Å². The Morgan fingerprint density at radius 1 is 1.35 bits per heavy atom. The van der Waals surface area contributed by atoms with Crippen LogP contribution in [0.4, 0.5) is 16.2 Å². The SMILES string of the molecule is O=C(Nc1cccc(N2CCOC2=O)c1)C1CCCO1. The van der Waals surface area contributed by atoms with Gasteiger partial charge < -0.3 is 14.8 Å². The molecule has 0 bridgehead atoms. The minimum atomic E-state index is -0.365. The molecule has 2 aliphatic heterocycles. The Balaban J connectivity index is 1.70. The lowest BCUT2D eigenvalue weighted by Crippen LogP contribution is -2.27. The fourth-order valence-electron chi connectivity index (χ4n) is 2.39. The molecule has 2 aliphatic rings. The number of cyclic esters (lactones) is 1. The smallest absolute Gasteiger partial charge is 0.414 e. The zero-order chi connectivity index (χ0) is 13.9. The summed E-state index contributed by atoms with van der Waals surface area (Å²) in [6.45, 7) is 1.56. The second kappa shape index (κ2) is 5.50. The summed E-state index contributed by atoms with van der Waals surface area (Å²) in [7, 11) is 0. The van der Waals surface area contributed by atoms with Crippen molar-refractivity contribution in [2.45, 2.75) is 18.9 Å². The first-order valence-electron chi connectivity index (χ1n) is 6.71. The van der Waals surface area contributed by atoms with E-state index in [2.05, 4.69) is 5.32 Å². The van der Waals surface area contributed by atoms with Crippen LogP contribution in [-0.2, 0) is 14.3 Å². The lowest BCUT2D eigenvalue weighted by atomic mass is 10.2. The van der Waals surface area contributed by atoms with Crippen LogP contribution in [0.1, 0.15) is 12.8 Å². The normalized spacial score (nSPS) is 21.9. The fraction of sp³-hybridized carbons (Fsp3) is 0.429. The molecule has 1 N–H and O–H groups in total. The number of carbonyl (C=O) groups is 2. The van der Waals surface area contributed by atoms with E-state index in [1.807, 2.05) is 6.07 Å². The average Bonchev–Trinajstić information content (AvgIpc) is 3.10. The van der Waals surface area contributed by atoms with Crippen LogP contribution < -0.4 is 10.2 Å². The first-order valence-corrected chi connectivity index (χ1v) is 6.71. The molecule has 0 saturated carbocycles. The first kappa shape index (κ1) is 12.9. The minimum absolute atomic E-state index is 0.136. The molecule has 0 radical (unpaired) electrons. The molecule has 0 spiro atoms. The summed E-state index contributed by atoms with van der Waals surface area (Å²) in [6.07, 6.45) is 0.949. The van der Waals surface area contributed by atoms with Crippen molar-refractivity contribution in [1.29, 1.82) is 0 Å². The van der Waals surface area contributed by atoms with Gasteiger partial charge in [-0.05, 0) is 31.0 Å². The van der Waals surface area contributed by atoms with Gasteiger partial charge in [-0.1, -0.05) is 6.07 Å². The van der Waals surface area contributed by atoms with Crippen molar-refractivity contribution in [2.24, 2.45) is 0 Å². The Kier molecular flexibility index (Phi) is 3.56. The summed E-state index contributed by atoms with van der Waals surface area (Å²) in [5.74, 6) is -0.136. The van der Waals surface area contributed by atoms with E-state index in [-0.39, 0.29) is 18.1 Å². The van der Waals surface area contributed by atoms with Crippen molar-refractivity contribution in [3.05, 3.63) is 24.3 Å². The van der Waals surface area contributed by atoms with Gasteiger partial charge in [0.15, 0.2) is 0 Å². The lowest BCUT2D eigenvalue weighted by molar-refractivity contribution is -0.124. The maximum Gasteiger partial charge on any atom is 0.414 e. The van der Waals surface area contributed by atoms with Crippen LogP contribution in [0.15, 0.2) is 24.3 Å². The monoisotopic (exact) mass is 276 g/mol. The molecule has 2 amide bonds. The van der Waals surface area contributed by atoms with Crippen LogP contribution in [0, 0.1) is 0 Å². The Labute approximate surface area is 116 Å². The zero-order valence-electron chi connectivity index (χ0n) is 11.0. The Bertz CT molecular complexity index is 526. The van der Waals surface area contributed by atoms with Crippen molar-refractivity contribution in [1.82, 2.24) is 0 Å². The molecule has 1 unspecified atom stereocenters. The van der Waals surface area contributed by atoms with Crippen molar-refractivity contribution < 1.29 is 19.1 Å². The number of benzene rings is 1. The van der Waals surface area contributed by atoms with E-state index in [0.29, 0.717) is 25.4 Å². The fourth-order valence-corrected chi connectivity index (χ4v) is 2.39. The van der Waals surface area contributed by atoms with E-state index < -0.39 is 0 Å². The minimum Gasteiger partial charge on any atom is -0.447 e. The summed E-state index contributed by atoms with van der Waals surface area (Å²) >= 11 is 0. The third-order valence-corrected chi connectivity index (χ3v) is 3.41. The van der Waals surface area contributed by atoms with Gasteiger partial charge in [0.2, 0.25) is 0 Å². The number of nitrogens with zero attached hydrogens (tertiary/aromatic N) is 1. The first-order chi connectivity index (χ1) is 9.74. The van der Waals surface area contributed by atoms with Crippen molar-refractivity contribution in [3.63, 3.8) is 0 Å². The van der Waals surface area contributed by atoms with Gasteiger partial charge in [-0.2, -0.15) is 0 Å². The molecular formula is C14H16N2O4. The molecule has 106 valence electrons.